The number of ether oxygens (including phenoxy) is 1. The molecule has 0 aliphatic carbocycles. The van der Waals surface area contributed by atoms with Crippen LogP contribution in [0.1, 0.15) is 33.6 Å². The van der Waals surface area contributed by atoms with Crippen molar-refractivity contribution in [3.05, 3.63) is 5.89 Å². The highest BCUT2D eigenvalue weighted by Crippen LogP contribution is 2.27. The van der Waals surface area contributed by atoms with Gasteiger partial charge < -0.3 is 9.15 Å². The quantitative estimate of drug-likeness (QED) is 0.598. The number of hydrogen-bond acceptors (Lipinski definition) is 6. The first-order chi connectivity index (χ1) is 7.34. The molecule has 6 heteroatoms. The van der Waals surface area contributed by atoms with Crippen LogP contribution in [0.2, 0.25) is 0 Å². The molecule has 0 radical (unpaired) electrons. The van der Waals surface area contributed by atoms with Gasteiger partial charge in [-0.25, -0.2) is 0 Å². The molecule has 0 N–H and O–H groups in total. The molecule has 0 saturated carbocycles. The Bertz CT molecular complexity index is 370. The van der Waals surface area contributed by atoms with E-state index in [0.717, 1.165) is 0 Å². The van der Waals surface area contributed by atoms with Crippen LogP contribution in [0.3, 0.4) is 0 Å². The molecule has 1 aromatic heterocycles. The Morgan fingerprint density at radius 2 is 2.06 bits per heavy atom. The molecule has 0 saturated heterocycles. The molecule has 0 aromatic carbocycles. The van der Waals surface area contributed by atoms with Gasteiger partial charge in [-0.1, -0.05) is 32.5 Å². The lowest BCUT2D eigenvalue weighted by molar-refractivity contribution is -0.139. The van der Waals surface area contributed by atoms with Crippen molar-refractivity contribution in [1.29, 1.82) is 0 Å². The first-order valence-electron chi connectivity index (χ1n) is 4.93. The Labute approximate surface area is 99.0 Å². The zero-order chi connectivity index (χ0) is 12.3. The Hall–Kier alpha value is -1.04. The number of carbonyl (C=O) groups is 1. The van der Waals surface area contributed by atoms with Gasteiger partial charge in [0.15, 0.2) is 0 Å². The van der Waals surface area contributed by atoms with Crippen LogP contribution in [-0.4, -0.2) is 28.5 Å². The van der Waals surface area contributed by atoms with Crippen LogP contribution < -0.4 is 0 Å². The zero-order valence-corrected chi connectivity index (χ0v) is 10.9. The van der Waals surface area contributed by atoms with Crippen molar-refractivity contribution in [2.24, 2.45) is 0 Å². The number of rotatable bonds is 3. The van der Waals surface area contributed by atoms with Crippen molar-refractivity contribution < 1.29 is 13.9 Å². The minimum atomic E-state index is -0.349. The Morgan fingerprint density at radius 1 is 1.44 bits per heavy atom. The molecule has 0 aliphatic heterocycles. The van der Waals surface area contributed by atoms with Gasteiger partial charge in [-0.15, -0.1) is 10.2 Å². The summed E-state index contributed by atoms with van der Waals surface area (Å²) in [5.74, 6) is 0.257. The first-order valence-corrected chi connectivity index (χ1v) is 5.81. The molecule has 90 valence electrons. The fourth-order valence-electron chi connectivity index (χ4n) is 0.926. The van der Waals surface area contributed by atoms with Crippen molar-refractivity contribution in [3.63, 3.8) is 0 Å². The predicted molar refractivity (Wildman–Crippen MR) is 60.3 cm³/mol. The van der Waals surface area contributed by atoms with E-state index in [9.17, 15) is 4.79 Å². The topological polar surface area (TPSA) is 65.2 Å². The van der Waals surface area contributed by atoms with Crippen molar-refractivity contribution in [2.45, 2.75) is 43.6 Å². The number of nitrogens with zero attached hydrogens (tertiary/aromatic N) is 2. The summed E-state index contributed by atoms with van der Waals surface area (Å²) in [7, 11) is 1.35. The summed E-state index contributed by atoms with van der Waals surface area (Å²) in [6.07, 6.45) is 0. The van der Waals surface area contributed by atoms with E-state index >= 15 is 0 Å². The summed E-state index contributed by atoms with van der Waals surface area (Å²) >= 11 is 1.20. The maximum Gasteiger partial charge on any atom is 0.319 e. The lowest BCUT2D eigenvalue weighted by Gasteiger charge is -2.11. The summed E-state index contributed by atoms with van der Waals surface area (Å²) in [4.78, 5) is 11.2. The number of hydrogen-bond donors (Lipinski definition) is 0. The van der Waals surface area contributed by atoms with Crippen molar-refractivity contribution in [1.82, 2.24) is 10.2 Å². The molecule has 1 aromatic rings. The van der Waals surface area contributed by atoms with Crippen LogP contribution in [0.4, 0.5) is 0 Å². The number of aromatic nitrogens is 2. The van der Waals surface area contributed by atoms with Crippen LogP contribution >= 0.6 is 11.8 Å². The van der Waals surface area contributed by atoms with E-state index in [1.807, 2.05) is 20.8 Å². The molecular weight excluding hydrogens is 228 g/mol. The third-order valence-electron chi connectivity index (χ3n) is 1.86. The van der Waals surface area contributed by atoms with Gasteiger partial charge in [-0.2, -0.15) is 0 Å². The predicted octanol–water partition coefficient (Wildman–Crippen LogP) is 2.02. The molecule has 0 fully saturated rings. The van der Waals surface area contributed by atoms with Crippen LogP contribution in [-0.2, 0) is 14.9 Å². The maximum atomic E-state index is 11.2. The van der Waals surface area contributed by atoms with E-state index in [4.69, 9.17) is 4.42 Å². The Balaban J connectivity index is 2.69. The SMILES string of the molecule is COC(=O)C(C)Sc1nnc(C(C)(C)C)o1. The first kappa shape index (κ1) is 13.0. The smallest absolute Gasteiger partial charge is 0.319 e. The highest BCUT2D eigenvalue weighted by molar-refractivity contribution is 8.00. The van der Waals surface area contributed by atoms with Crippen LogP contribution in [0, 0.1) is 0 Å². The molecule has 1 rings (SSSR count). The van der Waals surface area contributed by atoms with E-state index in [1.54, 1.807) is 6.92 Å². The van der Waals surface area contributed by atoms with Gasteiger partial charge in [-0.3, -0.25) is 4.79 Å². The summed E-state index contributed by atoms with van der Waals surface area (Å²) in [6, 6.07) is 0. The second kappa shape index (κ2) is 4.86. The standard InChI is InChI=1S/C10H16N2O3S/c1-6(7(13)14-5)16-9-12-11-8(15-9)10(2,3)4/h6H,1-5H3. The average molecular weight is 244 g/mol. The molecule has 16 heavy (non-hydrogen) atoms. The van der Waals surface area contributed by atoms with Crippen LogP contribution in [0.15, 0.2) is 9.64 Å². The maximum absolute atomic E-state index is 11.2. The molecule has 0 bridgehead atoms. The molecule has 0 amide bonds. The molecule has 1 unspecified atom stereocenters. The van der Waals surface area contributed by atoms with E-state index in [2.05, 4.69) is 14.9 Å². The highest BCUT2D eigenvalue weighted by Gasteiger charge is 2.24. The second-order valence-corrected chi connectivity index (χ2v) is 5.70. The molecular formula is C10H16N2O3S. The van der Waals surface area contributed by atoms with Crippen LogP contribution in [0.5, 0.6) is 0 Å². The van der Waals surface area contributed by atoms with E-state index in [-0.39, 0.29) is 16.6 Å². The Morgan fingerprint density at radius 3 is 2.50 bits per heavy atom. The van der Waals surface area contributed by atoms with Gasteiger partial charge in [0, 0.05) is 5.41 Å². The summed E-state index contributed by atoms with van der Waals surface area (Å²) in [6.45, 7) is 7.69. The minimum absolute atomic E-state index is 0.180. The summed E-state index contributed by atoms with van der Waals surface area (Å²) < 4.78 is 10.1. The summed E-state index contributed by atoms with van der Waals surface area (Å²) in [5.41, 5.74) is -0.180. The normalized spacial score (nSPS) is 13.6. The average Bonchev–Trinajstić information content (AvgIpc) is 2.64. The summed E-state index contributed by atoms with van der Waals surface area (Å²) in [5, 5.41) is 7.86. The highest BCUT2D eigenvalue weighted by atomic mass is 32.2. The lowest BCUT2D eigenvalue weighted by Crippen LogP contribution is -2.14. The van der Waals surface area contributed by atoms with Gasteiger partial charge in [0.1, 0.15) is 5.25 Å². The van der Waals surface area contributed by atoms with Gasteiger partial charge in [0.05, 0.1) is 7.11 Å². The number of carbonyl (C=O) groups excluding carboxylic acids is 1. The molecule has 1 heterocycles. The second-order valence-electron chi connectivity index (χ2n) is 4.41. The fraction of sp³-hybridized carbons (Fsp3) is 0.700. The monoisotopic (exact) mass is 244 g/mol. The number of methoxy groups -OCH3 is 1. The Kier molecular flexibility index (Phi) is 3.96. The van der Waals surface area contributed by atoms with Gasteiger partial charge >= 0.3 is 5.97 Å². The van der Waals surface area contributed by atoms with Crippen molar-refractivity contribution in [3.8, 4) is 0 Å². The van der Waals surface area contributed by atoms with E-state index in [0.29, 0.717) is 11.1 Å². The third kappa shape index (κ3) is 3.23. The minimum Gasteiger partial charge on any atom is -0.468 e. The third-order valence-corrected chi connectivity index (χ3v) is 2.77. The van der Waals surface area contributed by atoms with Crippen LogP contribution in [0.25, 0.3) is 0 Å². The van der Waals surface area contributed by atoms with Crippen molar-refractivity contribution >= 4 is 17.7 Å². The molecule has 5 nitrogen and oxygen atoms in total. The largest absolute Gasteiger partial charge is 0.468 e. The van der Waals surface area contributed by atoms with Gasteiger partial charge in [0.2, 0.25) is 5.89 Å². The molecule has 0 aliphatic rings. The van der Waals surface area contributed by atoms with E-state index in [1.165, 1.54) is 18.9 Å². The molecule has 0 spiro atoms. The van der Waals surface area contributed by atoms with Gasteiger partial charge in [-0.05, 0) is 6.92 Å². The molecule has 1 atom stereocenters. The fourth-order valence-corrected chi connectivity index (χ4v) is 1.64. The number of thioether (sulfide) groups is 1. The van der Waals surface area contributed by atoms with E-state index < -0.39 is 0 Å². The number of esters is 1. The van der Waals surface area contributed by atoms with Gasteiger partial charge in [0.25, 0.3) is 5.22 Å². The zero-order valence-electron chi connectivity index (χ0n) is 10.1. The van der Waals surface area contributed by atoms with Crippen molar-refractivity contribution in [2.75, 3.05) is 7.11 Å². The lowest BCUT2D eigenvalue weighted by atomic mass is 9.97.